The normalized spacial score (nSPS) is 20.6. The molecule has 0 amide bonds. The average molecular weight is 270 g/mol. The highest BCUT2D eigenvalue weighted by Gasteiger charge is 2.35. The largest absolute Gasteiger partial charge is 0.214 e. The molecule has 0 spiro atoms. The second-order valence-corrected chi connectivity index (χ2v) is 7.07. The fourth-order valence-electron chi connectivity index (χ4n) is 0.928. The number of hydrogen-bond donors (Lipinski definition) is 1. The van der Waals surface area contributed by atoms with Gasteiger partial charge in [0.1, 0.15) is 0 Å². The van der Waals surface area contributed by atoms with E-state index in [1.54, 1.807) is 0 Å². The fourth-order valence-corrected chi connectivity index (χ4v) is 2.71. The van der Waals surface area contributed by atoms with E-state index < -0.39 is 10.0 Å². The van der Waals surface area contributed by atoms with Gasteiger partial charge in [-0.3, -0.25) is 0 Å². The van der Waals surface area contributed by atoms with Crippen molar-refractivity contribution in [3.63, 3.8) is 0 Å². The van der Waals surface area contributed by atoms with Crippen molar-refractivity contribution in [2.45, 2.75) is 36.8 Å². The molecule has 13 heavy (non-hydrogen) atoms. The van der Waals surface area contributed by atoms with Crippen molar-refractivity contribution in [3.05, 3.63) is 0 Å². The molecule has 0 radical (unpaired) electrons. The molecule has 0 aliphatic heterocycles. The smallest absolute Gasteiger partial charge is 0.214 e. The van der Waals surface area contributed by atoms with Gasteiger partial charge in [0.2, 0.25) is 10.0 Å². The van der Waals surface area contributed by atoms with E-state index in [9.17, 15) is 8.42 Å². The number of hydrogen-bond acceptors (Lipinski definition) is 2. The van der Waals surface area contributed by atoms with Crippen LogP contribution in [0.3, 0.4) is 0 Å². The van der Waals surface area contributed by atoms with E-state index in [1.807, 2.05) is 0 Å². The van der Waals surface area contributed by atoms with E-state index in [0.717, 1.165) is 12.8 Å². The minimum Gasteiger partial charge on any atom is -0.214 e. The van der Waals surface area contributed by atoms with E-state index in [4.69, 9.17) is 0 Å². The second-order valence-electron chi connectivity index (χ2n) is 3.85. The van der Waals surface area contributed by atoms with E-state index in [0.29, 0.717) is 12.5 Å². The van der Waals surface area contributed by atoms with Crippen LogP contribution in [0.2, 0.25) is 0 Å². The molecule has 0 aromatic rings. The zero-order chi connectivity index (χ0) is 10.1. The van der Waals surface area contributed by atoms with E-state index in [-0.39, 0.29) is 10.1 Å². The van der Waals surface area contributed by atoms with Crippen LogP contribution in [0, 0.1) is 5.92 Å². The van der Waals surface area contributed by atoms with Crippen LogP contribution >= 0.6 is 15.9 Å². The molecule has 1 unspecified atom stereocenters. The monoisotopic (exact) mass is 269 g/mol. The molecule has 3 nitrogen and oxygen atoms in total. The predicted octanol–water partition coefficient (Wildman–Crippen LogP) is 1.49. The Hall–Kier alpha value is 0.390. The van der Waals surface area contributed by atoms with E-state index in [1.165, 1.54) is 0 Å². The highest BCUT2D eigenvalue weighted by Crippen LogP contribution is 2.27. The quantitative estimate of drug-likeness (QED) is 0.769. The first-order chi connectivity index (χ1) is 5.93. The average Bonchev–Trinajstić information content (AvgIpc) is 2.81. The molecule has 1 rings (SSSR count). The topological polar surface area (TPSA) is 46.2 Å². The van der Waals surface area contributed by atoms with Gasteiger partial charge in [0.05, 0.1) is 5.25 Å². The van der Waals surface area contributed by atoms with Gasteiger partial charge in [0.15, 0.2) is 0 Å². The SMILES string of the molecule is CC(C)C(Br)CNS(=O)(=O)C1CC1. The predicted molar refractivity (Wildman–Crippen MR) is 57.5 cm³/mol. The van der Waals surface area contributed by atoms with Gasteiger partial charge >= 0.3 is 0 Å². The fraction of sp³-hybridized carbons (Fsp3) is 1.00. The molecule has 1 aliphatic carbocycles. The van der Waals surface area contributed by atoms with E-state index >= 15 is 0 Å². The third-order valence-electron chi connectivity index (χ3n) is 2.17. The number of sulfonamides is 1. The van der Waals surface area contributed by atoms with Gasteiger partial charge in [-0.2, -0.15) is 0 Å². The van der Waals surface area contributed by atoms with Crippen LogP contribution in [0.25, 0.3) is 0 Å². The van der Waals surface area contributed by atoms with Crippen molar-refractivity contribution in [1.82, 2.24) is 4.72 Å². The Balaban J connectivity index is 2.33. The van der Waals surface area contributed by atoms with E-state index in [2.05, 4.69) is 34.5 Å². The molecule has 0 bridgehead atoms. The summed E-state index contributed by atoms with van der Waals surface area (Å²) in [7, 11) is -3.00. The Morgan fingerprint density at radius 2 is 2.00 bits per heavy atom. The summed E-state index contributed by atoms with van der Waals surface area (Å²) in [4.78, 5) is 0.223. The van der Waals surface area contributed by atoms with Crippen molar-refractivity contribution in [3.8, 4) is 0 Å². The molecule has 78 valence electrons. The molecular formula is C8H16BrNO2S. The maximum Gasteiger partial charge on any atom is 0.214 e. The Labute approximate surface area is 88.5 Å². The van der Waals surface area contributed by atoms with Crippen LogP contribution in [0.5, 0.6) is 0 Å². The van der Waals surface area contributed by atoms with Gasteiger partial charge in [-0.05, 0) is 18.8 Å². The lowest BCUT2D eigenvalue weighted by molar-refractivity contribution is 0.562. The summed E-state index contributed by atoms with van der Waals surface area (Å²) < 4.78 is 25.4. The summed E-state index contributed by atoms with van der Waals surface area (Å²) in [6.45, 7) is 4.62. The van der Waals surface area contributed by atoms with Crippen molar-refractivity contribution < 1.29 is 8.42 Å². The minimum atomic E-state index is -3.00. The zero-order valence-electron chi connectivity index (χ0n) is 7.96. The van der Waals surface area contributed by atoms with Crippen LogP contribution < -0.4 is 4.72 Å². The molecular weight excluding hydrogens is 254 g/mol. The first-order valence-electron chi connectivity index (χ1n) is 4.56. The molecule has 1 N–H and O–H groups in total. The Morgan fingerprint density at radius 3 is 2.38 bits per heavy atom. The number of nitrogens with one attached hydrogen (secondary N) is 1. The van der Waals surface area contributed by atoms with Crippen LogP contribution in [0.1, 0.15) is 26.7 Å². The number of rotatable bonds is 5. The maximum atomic E-state index is 11.4. The Kier molecular flexibility index (Phi) is 3.77. The van der Waals surface area contributed by atoms with Crippen molar-refractivity contribution >= 4 is 26.0 Å². The van der Waals surface area contributed by atoms with Gasteiger partial charge < -0.3 is 0 Å². The summed E-state index contributed by atoms with van der Waals surface area (Å²) in [6.07, 6.45) is 1.65. The summed E-state index contributed by atoms with van der Waals surface area (Å²) in [5.74, 6) is 0.446. The van der Waals surface area contributed by atoms with Gasteiger partial charge in [-0.25, -0.2) is 13.1 Å². The highest BCUT2D eigenvalue weighted by molar-refractivity contribution is 9.09. The van der Waals surface area contributed by atoms with Gasteiger partial charge in [-0.1, -0.05) is 29.8 Å². The maximum absolute atomic E-state index is 11.4. The number of halogens is 1. The second kappa shape index (κ2) is 4.28. The van der Waals surface area contributed by atoms with Crippen LogP contribution in [0.15, 0.2) is 0 Å². The van der Waals surface area contributed by atoms with Gasteiger partial charge in [-0.15, -0.1) is 0 Å². The Bertz CT molecular complexity index is 259. The molecule has 1 atom stereocenters. The first kappa shape index (κ1) is 11.5. The summed E-state index contributed by atoms with van der Waals surface area (Å²) in [6, 6.07) is 0. The van der Waals surface area contributed by atoms with Crippen molar-refractivity contribution in [1.29, 1.82) is 0 Å². The number of alkyl halides is 1. The lowest BCUT2D eigenvalue weighted by Gasteiger charge is -2.14. The van der Waals surface area contributed by atoms with Crippen molar-refractivity contribution in [2.75, 3.05) is 6.54 Å². The lowest BCUT2D eigenvalue weighted by Crippen LogP contribution is -2.33. The Morgan fingerprint density at radius 1 is 1.46 bits per heavy atom. The molecule has 0 heterocycles. The van der Waals surface area contributed by atoms with Crippen molar-refractivity contribution in [2.24, 2.45) is 5.92 Å². The lowest BCUT2D eigenvalue weighted by atomic mass is 10.1. The summed E-state index contributed by atoms with van der Waals surface area (Å²) >= 11 is 3.44. The molecule has 1 fully saturated rings. The van der Waals surface area contributed by atoms with Crippen LogP contribution in [-0.4, -0.2) is 25.0 Å². The van der Waals surface area contributed by atoms with Crippen LogP contribution in [0.4, 0.5) is 0 Å². The molecule has 0 saturated heterocycles. The standard InChI is InChI=1S/C8H16BrNO2S/c1-6(2)8(9)5-10-13(11,12)7-3-4-7/h6-8,10H,3-5H2,1-2H3. The summed E-state index contributed by atoms with van der Waals surface area (Å²) in [5, 5.41) is -0.112. The third-order valence-corrected chi connectivity index (χ3v) is 5.47. The third kappa shape index (κ3) is 3.56. The molecule has 5 heteroatoms. The molecule has 0 aromatic carbocycles. The van der Waals surface area contributed by atoms with Gasteiger partial charge in [0, 0.05) is 11.4 Å². The highest BCUT2D eigenvalue weighted by atomic mass is 79.9. The molecule has 1 saturated carbocycles. The van der Waals surface area contributed by atoms with Crippen LogP contribution in [-0.2, 0) is 10.0 Å². The summed E-state index contributed by atoms with van der Waals surface area (Å²) in [5.41, 5.74) is 0. The minimum absolute atomic E-state index is 0.112. The van der Waals surface area contributed by atoms with Gasteiger partial charge in [0.25, 0.3) is 0 Å². The molecule has 1 aliphatic rings. The molecule has 0 aromatic heterocycles. The first-order valence-corrected chi connectivity index (χ1v) is 7.02. The zero-order valence-corrected chi connectivity index (χ0v) is 10.4.